The summed E-state index contributed by atoms with van der Waals surface area (Å²) >= 11 is 0. The number of rotatable bonds is 4. The number of hydrogen-bond donors (Lipinski definition) is 1. The van der Waals surface area contributed by atoms with Crippen LogP contribution in [0.1, 0.15) is 0 Å². The second-order valence-electron chi connectivity index (χ2n) is 2.24. The lowest BCUT2D eigenvalue weighted by Crippen LogP contribution is -2.23. The highest BCUT2D eigenvalue weighted by atomic mass is 16.4. The minimum atomic E-state index is -1.12. The fourth-order valence-corrected chi connectivity index (χ4v) is 0.802. The highest BCUT2D eigenvalue weighted by Gasteiger charge is 2.10. The van der Waals surface area contributed by atoms with Gasteiger partial charge >= 0.3 is 5.97 Å². The molecule has 0 atom stereocenters. The number of carboxylic acids is 1. The van der Waals surface area contributed by atoms with Crippen LogP contribution in [0.15, 0.2) is 29.8 Å². The van der Waals surface area contributed by atoms with Gasteiger partial charge < -0.3 is 5.11 Å². The zero-order chi connectivity index (χ0) is 9.68. The Morgan fingerprint density at radius 3 is 2.92 bits per heavy atom. The molecule has 6 heteroatoms. The highest BCUT2D eigenvalue weighted by molar-refractivity contribution is 5.73. The van der Waals surface area contributed by atoms with Crippen molar-refractivity contribution >= 4 is 11.7 Å². The smallest absolute Gasteiger partial charge is 0.325 e. The predicted octanol–water partition coefficient (Wildman–Crippen LogP) is 0.654. The number of carboxylic acid groups (broad SMARTS) is 1. The first kappa shape index (κ1) is 9.11. The van der Waals surface area contributed by atoms with Gasteiger partial charge in [-0.1, -0.05) is 0 Å². The van der Waals surface area contributed by atoms with E-state index >= 15 is 0 Å². The first-order valence-electron chi connectivity index (χ1n) is 3.46. The van der Waals surface area contributed by atoms with Crippen molar-refractivity contribution < 1.29 is 9.90 Å². The van der Waals surface area contributed by atoms with E-state index in [1.165, 1.54) is 12.4 Å². The van der Waals surface area contributed by atoms with Gasteiger partial charge in [-0.3, -0.25) is 9.78 Å². The molecule has 0 aliphatic rings. The van der Waals surface area contributed by atoms with Crippen molar-refractivity contribution in [2.45, 2.75) is 0 Å². The molecular formula is C7H7N3O3. The van der Waals surface area contributed by atoms with E-state index in [4.69, 9.17) is 5.11 Å². The van der Waals surface area contributed by atoms with Crippen molar-refractivity contribution in [3.8, 4) is 0 Å². The second kappa shape index (κ2) is 4.15. The van der Waals surface area contributed by atoms with Crippen LogP contribution in [0.3, 0.4) is 0 Å². The molecule has 6 nitrogen and oxygen atoms in total. The topological polar surface area (TPSA) is 82.9 Å². The maximum Gasteiger partial charge on any atom is 0.325 e. The number of anilines is 1. The first-order chi connectivity index (χ1) is 6.24. The Labute approximate surface area is 73.8 Å². The van der Waals surface area contributed by atoms with Crippen LogP contribution in [0.25, 0.3) is 0 Å². The second-order valence-corrected chi connectivity index (χ2v) is 2.24. The molecule has 0 amide bonds. The first-order valence-corrected chi connectivity index (χ1v) is 3.46. The van der Waals surface area contributed by atoms with Crippen LogP contribution in [0.2, 0.25) is 0 Å². The van der Waals surface area contributed by atoms with E-state index in [1.807, 2.05) is 0 Å². The van der Waals surface area contributed by atoms with Gasteiger partial charge in [0, 0.05) is 6.20 Å². The van der Waals surface area contributed by atoms with Crippen molar-refractivity contribution in [3.63, 3.8) is 0 Å². The number of nitroso groups, excluding NO2 is 1. The third-order valence-corrected chi connectivity index (χ3v) is 1.33. The number of aromatic nitrogens is 1. The molecule has 0 fully saturated rings. The molecule has 1 N–H and O–H groups in total. The summed E-state index contributed by atoms with van der Waals surface area (Å²) in [7, 11) is 0. The van der Waals surface area contributed by atoms with Crippen molar-refractivity contribution in [2.75, 3.05) is 11.6 Å². The van der Waals surface area contributed by atoms with Gasteiger partial charge in [-0.25, -0.2) is 5.01 Å². The molecule has 0 aliphatic carbocycles. The minimum Gasteiger partial charge on any atom is -0.480 e. The van der Waals surface area contributed by atoms with Crippen molar-refractivity contribution in [2.24, 2.45) is 5.29 Å². The molecule has 13 heavy (non-hydrogen) atoms. The van der Waals surface area contributed by atoms with E-state index < -0.39 is 12.5 Å². The third-order valence-electron chi connectivity index (χ3n) is 1.33. The Hall–Kier alpha value is -1.98. The van der Waals surface area contributed by atoms with Gasteiger partial charge in [0.1, 0.15) is 6.54 Å². The average Bonchev–Trinajstić information content (AvgIpc) is 2.15. The van der Waals surface area contributed by atoms with Crippen LogP contribution >= 0.6 is 0 Å². The number of carbonyl (C=O) groups is 1. The van der Waals surface area contributed by atoms with Gasteiger partial charge in [0.2, 0.25) is 0 Å². The quantitative estimate of drug-likeness (QED) is 0.544. The Morgan fingerprint density at radius 2 is 2.46 bits per heavy atom. The molecule has 0 bridgehead atoms. The minimum absolute atomic E-state index is 0.361. The normalized spacial score (nSPS) is 9.23. The molecule has 0 aliphatic heterocycles. The van der Waals surface area contributed by atoms with E-state index in [-0.39, 0.29) is 0 Å². The zero-order valence-corrected chi connectivity index (χ0v) is 6.62. The molecule has 1 rings (SSSR count). The largest absolute Gasteiger partial charge is 0.480 e. The Balaban J connectivity index is 2.78. The van der Waals surface area contributed by atoms with Gasteiger partial charge in [-0.05, 0) is 12.1 Å². The highest BCUT2D eigenvalue weighted by Crippen LogP contribution is 2.10. The number of pyridine rings is 1. The zero-order valence-electron chi connectivity index (χ0n) is 6.62. The summed E-state index contributed by atoms with van der Waals surface area (Å²) < 4.78 is 0. The fraction of sp³-hybridized carbons (Fsp3) is 0.143. The molecule has 0 aromatic carbocycles. The summed E-state index contributed by atoms with van der Waals surface area (Å²) in [6.07, 6.45) is 2.89. The van der Waals surface area contributed by atoms with Crippen LogP contribution in [-0.4, -0.2) is 22.6 Å². The molecule has 0 spiro atoms. The molecule has 0 saturated carbocycles. The Morgan fingerprint density at radius 1 is 1.69 bits per heavy atom. The number of nitrogens with zero attached hydrogens (tertiary/aromatic N) is 3. The predicted molar refractivity (Wildman–Crippen MR) is 45.0 cm³/mol. The lowest BCUT2D eigenvalue weighted by Gasteiger charge is -2.10. The summed E-state index contributed by atoms with van der Waals surface area (Å²) in [4.78, 5) is 24.2. The number of hydrogen-bond acceptors (Lipinski definition) is 4. The molecule has 0 radical (unpaired) electrons. The van der Waals surface area contributed by atoms with E-state index in [0.29, 0.717) is 5.69 Å². The fourth-order valence-electron chi connectivity index (χ4n) is 0.802. The molecule has 0 unspecified atom stereocenters. The molecule has 0 saturated heterocycles. The summed E-state index contributed by atoms with van der Waals surface area (Å²) in [6, 6.07) is 3.15. The molecule has 1 aromatic heterocycles. The molecule has 1 aromatic rings. The van der Waals surface area contributed by atoms with Gasteiger partial charge in [-0.15, -0.1) is 4.91 Å². The maximum atomic E-state index is 10.3. The Bertz CT molecular complexity index is 301. The molecule has 68 valence electrons. The average molecular weight is 181 g/mol. The third kappa shape index (κ3) is 2.51. The van der Waals surface area contributed by atoms with Crippen LogP contribution in [0.5, 0.6) is 0 Å². The molecular weight excluding hydrogens is 174 g/mol. The van der Waals surface area contributed by atoms with Gasteiger partial charge in [0.25, 0.3) is 0 Å². The van der Waals surface area contributed by atoms with Crippen molar-refractivity contribution in [1.29, 1.82) is 0 Å². The van der Waals surface area contributed by atoms with Gasteiger partial charge in [0.05, 0.1) is 17.2 Å². The summed E-state index contributed by atoms with van der Waals surface area (Å²) in [5.41, 5.74) is 0.361. The molecule has 1 heterocycles. The monoisotopic (exact) mass is 181 g/mol. The lowest BCUT2D eigenvalue weighted by atomic mass is 10.4. The Kier molecular flexibility index (Phi) is 2.91. The standard InChI is InChI=1S/C7H7N3O3/c11-7(12)5-10(9-13)6-2-1-3-8-4-6/h1-4H,5H2,(H,11,12). The van der Waals surface area contributed by atoms with Crippen molar-refractivity contribution in [3.05, 3.63) is 29.4 Å². The number of aliphatic carboxylic acids is 1. The maximum absolute atomic E-state index is 10.3. The summed E-state index contributed by atoms with van der Waals surface area (Å²) in [5, 5.41) is 11.8. The van der Waals surface area contributed by atoms with Crippen LogP contribution < -0.4 is 5.01 Å². The van der Waals surface area contributed by atoms with E-state index in [2.05, 4.69) is 10.3 Å². The van der Waals surface area contributed by atoms with Crippen LogP contribution in [0.4, 0.5) is 5.69 Å². The van der Waals surface area contributed by atoms with E-state index in [0.717, 1.165) is 5.01 Å². The van der Waals surface area contributed by atoms with Gasteiger partial charge in [-0.2, -0.15) is 0 Å². The van der Waals surface area contributed by atoms with Crippen LogP contribution in [0, 0.1) is 4.91 Å². The SMILES string of the molecule is O=NN(CC(=O)O)c1cccnc1. The van der Waals surface area contributed by atoms with E-state index in [1.54, 1.807) is 12.1 Å². The summed E-state index contributed by atoms with van der Waals surface area (Å²) in [6.45, 7) is -0.463. The lowest BCUT2D eigenvalue weighted by molar-refractivity contribution is -0.135. The van der Waals surface area contributed by atoms with Gasteiger partial charge in [0.15, 0.2) is 0 Å². The van der Waals surface area contributed by atoms with Crippen molar-refractivity contribution in [1.82, 2.24) is 4.98 Å². The van der Waals surface area contributed by atoms with Crippen LogP contribution in [-0.2, 0) is 4.79 Å². The van der Waals surface area contributed by atoms with E-state index in [9.17, 15) is 9.70 Å². The summed E-state index contributed by atoms with van der Waals surface area (Å²) in [5.74, 6) is -1.12.